The number of carbonyl (C=O) groups is 1. The van der Waals surface area contributed by atoms with Gasteiger partial charge in [0.25, 0.3) is 5.91 Å². The molecular formula is C16H20N4O2S. The van der Waals surface area contributed by atoms with Crippen LogP contribution in [0.5, 0.6) is 0 Å². The number of morpholine rings is 1. The summed E-state index contributed by atoms with van der Waals surface area (Å²) in [5.74, 6) is 1.16. The van der Waals surface area contributed by atoms with Gasteiger partial charge in [0.1, 0.15) is 11.9 Å². The summed E-state index contributed by atoms with van der Waals surface area (Å²) in [7, 11) is 0. The molecule has 0 unspecified atom stereocenters. The molecule has 6 nitrogen and oxygen atoms in total. The predicted octanol–water partition coefficient (Wildman–Crippen LogP) is 0.933. The van der Waals surface area contributed by atoms with Crippen LogP contribution < -0.4 is 10.2 Å². The van der Waals surface area contributed by atoms with Gasteiger partial charge in [0.15, 0.2) is 0 Å². The third kappa shape index (κ3) is 2.91. The molecule has 0 spiro atoms. The number of nitrogens with zero attached hydrogens (tertiary/aromatic N) is 3. The summed E-state index contributed by atoms with van der Waals surface area (Å²) in [5, 5.41) is 4.42. The van der Waals surface area contributed by atoms with Gasteiger partial charge in [-0.1, -0.05) is 12.1 Å². The van der Waals surface area contributed by atoms with Crippen molar-refractivity contribution in [3.63, 3.8) is 0 Å². The van der Waals surface area contributed by atoms with Crippen LogP contribution in [-0.2, 0) is 9.53 Å². The normalized spacial score (nSPS) is 22.5. The quantitative estimate of drug-likeness (QED) is 0.887. The topological polar surface area (TPSA) is 57.7 Å². The largest absolute Gasteiger partial charge is 0.366 e. The molecule has 0 aliphatic carbocycles. The highest BCUT2D eigenvalue weighted by Crippen LogP contribution is 2.29. The molecule has 23 heavy (non-hydrogen) atoms. The van der Waals surface area contributed by atoms with Gasteiger partial charge in [0.2, 0.25) is 0 Å². The highest BCUT2D eigenvalue weighted by atomic mass is 32.1. The lowest BCUT2D eigenvalue weighted by atomic mass is 10.2. The molecule has 3 heterocycles. The van der Waals surface area contributed by atoms with E-state index in [1.165, 1.54) is 21.6 Å². The first-order valence-electron chi connectivity index (χ1n) is 8.03. The van der Waals surface area contributed by atoms with E-state index in [4.69, 9.17) is 4.74 Å². The van der Waals surface area contributed by atoms with Crippen LogP contribution in [0.1, 0.15) is 0 Å². The molecule has 2 aliphatic rings. The number of piperazine rings is 1. The number of rotatable bonds is 2. The Kier molecular flexibility index (Phi) is 4.15. The van der Waals surface area contributed by atoms with E-state index in [-0.39, 0.29) is 12.0 Å². The highest BCUT2D eigenvalue weighted by molar-refractivity contribution is 7.13. The molecule has 1 aromatic carbocycles. The molecule has 2 aliphatic heterocycles. The number of hydrogen-bond acceptors (Lipinski definition) is 6. The van der Waals surface area contributed by atoms with Gasteiger partial charge < -0.3 is 19.9 Å². The van der Waals surface area contributed by atoms with Crippen LogP contribution in [0.2, 0.25) is 0 Å². The third-order valence-corrected chi connectivity index (χ3v) is 5.27. The van der Waals surface area contributed by atoms with E-state index in [0.29, 0.717) is 13.2 Å². The first-order valence-corrected chi connectivity index (χ1v) is 8.81. The monoisotopic (exact) mass is 332 g/mol. The zero-order chi connectivity index (χ0) is 15.6. The second-order valence-corrected chi connectivity index (χ2v) is 6.68. The SMILES string of the molecule is O=C([C@@H]1CNCCO1)N1CCN(c2nsc3ccccc23)CC1. The summed E-state index contributed by atoms with van der Waals surface area (Å²) < 4.78 is 11.4. The number of ether oxygens (including phenoxy) is 1. The molecule has 1 N–H and O–H groups in total. The van der Waals surface area contributed by atoms with E-state index >= 15 is 0 Å². The van der Waals surface area contributed by atoms with E-state index < -0.39 is 0 Å². The van der Waals surface area contributed by atoms with Crippen molar-refractivity contribution in [2.24, 2.45) is 0 Å². The number of carbonyl (C=O) groups excluding carboxylic acids is 1. The minimum Gasteiger partial charge on any atom is -0.366 e. The molecule has 0 bridgehead atoms. The number of benzene rings is 1. The zero-order valence-corrected chi connectivity index (χ0v) is 13.7. The lowest BCUT2D eigenvalue weighted by Crippen LogP contribution is -2.55. The first kappa shape index (κ1) is 14.9. The minimum absolute atomic E-state index is 0.111. The van der Waals surface area contributed by atoms with Crippen LogP contribution >= 0.6 is 11.5 Å². The number of fused-ring (bicyclic) bond motifs is 1. The van der Waals surface area contributed by atoms with Crippen LogP contribution in [0.15, 0.2) is 24.3 Å². The molecule has 1 aromatic heterocycles. The van der Waals surface area contributed by atoms with Gasteiger partial charge >= 0.3 is 0 Å². The standard InChI is InChI=1S/C16H20N4O2S/c21-16(13-11-17-5-10-22-13)20-8-6-19(7-9-20)15-12-3-1-2-4-14(12)23-18-15/h1-4,13,17H,5-11H2/t13-/m0/s1. The Hall–Kier alpha value is -1.70. The summed E-state index contributed by atoms with van der Waals surface area (Å²) in [6, 6.07) is 8.31. The molecule has 1 amide bonds. The molecule has 122 valence electrons. The van der Waals surface area contributed by atoms with E-state index in [0.717, 1.165) is 38.5 Å². The Morgan fingerprint density at radius 2 is 2.09 bits per heavy atom. The van der Waals surface area contributed by atoms with Crippen molar-refractivity contribution in [3.8, 4) is 0 Å². The Morgan fingerprint density at radius 1 is 1.26 bits per heavy atom. The fraction of sp³-hybridized carbons (Fsp3) is 0.500. The second-order valence-electron chi connectivity index (χ2n) is 5.88. The number of hydrogen-bond donors (Lipinski definition) is 1. The molecular weight excluding hydrogens is 312 g/mol. The minimum atomic E-state index is -0.324. The van der Waals surface area contributed by atoms with Crippen molar-refractivity contribution in [3.05, 3.63) is 24.3 Å². The Balaban J connectivity index is 1.41. The molecule has 7 heteroatoms. The Morgan fingerprint density at radius 3 is 2.87 bits per heavy atom. The summed E-state index contributed by atoms with van der Waals surface area (Å²) in [4.78, 5) is 16.7. The van der Waals surface area contributed by atoms with Crippen molar-refractivity contribution in [1.29, 1.82) is 0 Å². The maximum absolute atomic E-state index is 12.5. The molecule has 2 fully saturated rings. The van der Waals surface area contributed by atoms with Gasteiger partial charge in [-0.25, -0.2) is 0 Å². The van der Waals surface area contributed by atoms with Crippen LogP contribution in [0, 0.1) is 0 Å². The maximum Gasteiger partial charge on any atom is 0.253 e. The lowest BCUT2D eigenvalue weighted by Gasteiger charge is -2.37. The van der Waals surface area contributed by atoms with Crippen LogP contribution in [0.25, 0.3) is 10.1 Å². The van der Waals surface area contributed by atoms with Gasteiger partial charge in [-0.2, -0.15) is 4.37 Å². The number of amides is 1. The molecule has 1 atom stereocenters. The number of anilines is 1. The van der Waals surface area contributed by atoms with Gasteiger partial charge in [-0.15, -0.1) is 0 Å². The number of nitrogens with one attached hydrogen (secondary N) is 1. The van der Waals surface area contributed by atoms with Crippen molar-refractivity contribution in [1.82, 2.24) is 14.6 Å². The summed E-state index contributed by atoms with van der Waals surface area (Å²) in [6.45, 7) is 5.15. The zero-order valence-electron chi connectivity index (χ0n) is 12.9. The molecule has 0 radical (unpaired) electrons. The van der Waals surface area contributed by atoms with Gasteiger partial charge in [0.05, 0.1) is 11.3 Å². The van der Waals surface area contributed by atoms with Gasteiger partial charge in [-0.3, -0.25) is 4.79 Å². The first-order chi connectivity index (χ1) is 11.3. The van der Waals surface area contributed by atoms with Gasteiger partial charge in [-0.05, 0) is 23.7 Å². The summed E-state index contributed by atoms with van der Waals surface area (Å²) in [5.41, 5.74) is 0. The average Bonchev–Trinajstić information content (AvgIpc) is 3.06. The molecule has 4 rings (SSSR count). The molecule has 2 saturated heterocycles. The average molecular weight is 332 g/mol. The van der Waals surface area contributed by atoms with Crippen molar-refractivity contribution < 1.29 is 9.53 Å². The maximum atomic E-state index is 12.5. The lowest BCUT2D eigenvalue weighted by molar-refractivity contribution is -0.145. The van der Waals surface area contributed by atoms with E-state index in [2.05, 4.69) is 26.7 Å². The van der Waals surface area contributed by atoms with E-state index in [9.17, 15) is 4.79 Å². The molecule has 0 saturated carbocycles. The van der Waals surface area contributed by atoms with E-state index in [1.807, 2.05) is 17.0 Å². The third-order valence-electron chi connectivity index (χ3n) is 4.45. The van der Waals surface area contributed by atoms with Crippen LogP contribution in [0.3, 0.4) is 0 Å². The summed E-state index contributed by atoms with van der Waals surface area (Å²) >= 11 is 1.54. The Labute approximate surface area is 139 Å². The Bertz CT molecular complexity index is 690. The smallest absolute Gasteiger partial charge is 0.253 e. The van der Waals surface area contributed by atoms with Gasteiger partial charge in [0, 0.05) is 44.7 Å². The van der Waals surface area contributed by atoms with Crippen LogP contribution in [-0.4, -0.2) is 67.2 Å². The second kappa shape index (κ2) is 6.43. The predicted molar refractivity (Wildman–Crippen MR) is 91.0 cm³/mol. The van der Waals surface area contributed by atoms with E-state index in [1.54, 1.807) is 0 Å². The molecule has 2 aromatic rings. The van der Waals surface area contributed by atoms with Crippen LogP contribution in [0.4, 0.5) is 5.82 Å². The fourth-order valence-corrected chi connectivity index (χ4v) is 3.96. The fourth-order valence-electron chi connectivity index (χ4n) is 3.17. The summed E-state index contributed by atoms with van der Waals surface area (Å²) in [6.07, 6.45) is -0.324. The highest BCUT2D eigenvalue weighted by Gasteiger charge is 2.30. The van der Waals surface area contributed by atoms with Crippen molar-refractivity contribution in [2.75, 3.05) is 50.8 Å². The number of aromatic nitrogens is 1. The van der Waals surface area contributed by atoms with Crippen molar-refractivity contribution >= 4 is 33.3 Å². The van der Waals surface area contributed by atoms with Crippen molar-refractivity contribution in [2.45, 2.75) is 6.10 Å².